The van der Waals surface area contributed by atoms with Gasteiger partial charge < -0.3 is 14.0 Å². The third kappa shape index (κ3) is 4.07. The van der Waals surface area contributed by atoms with Crippen LogP contribution in [0.5, 0.6) is 11.5 Å². The van der Waals surface area contributed by atoms with Crippen molar-refractivity contribution < 1.29 is 19.1 Å². The van der Waals surface area contributed by atoms with Gasteiger partial charge in [-0.2, -0.15) is 0 Å². The molecule has 2 aliphatic rings. The van der Waals surface area contributed by atoms with E-state index < -0.39 is 0 Å². The third-order valence-electron chi connectivity index (χ3n) is 5.59. The minimum Gasteiger partial charge on any atom is -0.454 e. The molecule has 0 bridgehead atoms. The van der Waals surface area contributed by atoms with Crippen LogP contribution in [0.3, 0.4) is 0 Å². The van der Waals surface area contributed by atoms with Gasteiger partial charge in [-0.05, 0) is 79.2 Å². The SMILES string of the molecule is Cc1cc(/C=C2\SC(=O)N(Cc3cc4c(cc3Cl)OCO4)C2=O)c(C)n1-c1ccc(Br)cc1. The Morgan fingerprint density at radius 2 is 1.79 bits per heavy atom. The predicted molar refractivity (Wildman–Crippen MR) is 132 cm³/mol. The summed E-state index contributed by atoms with van der Waals surface area (Å²) in [6.07, 6.45) is 1.78. The van der Waals surface area contributed by atoms with Crippen molar-refractivity contribution in [1.29, 1.82) is 0 Å². The maximum atomic E-state index is 13.1. The molecule has 1 saturated heterocycles. The van der Waals surface area contributed by atoms with E-state index in [4.69, 9.17) is 21.1 Å². The molecule has 0 aliphatic carbocycles. The summed E-state index contributed by atoms with van der Waals surface area (Å²) in [5.74, 6) is 0.767. The topological polar surface area (TPSA) is 60.8 Å². The van der Waals surface area contributed by atoms with E-state index in [1.165, 1.54) is 4.90 Å². The summed E-state index contributed by atoms with van der Waals surface area (Å²) in [6.45, 7) is 4.20. The summed E-state index contributed by atoms with van der Waals surface area (Å²) in [6, 6.07) is 13.4. The first-order valence-electron chi connectivity index (χ1n) is 10.1. The van der Waals surface area contributed by atoms with Crippen LogP contribution in [0.2, 0.25) is 5.02 Å². The molecule has 0 N–H and O–H groups in total. The lowest BCUT2D eigenvalue weighted by Crippen LogP contribution is -2.27. The Kier molecular flexibility index (Phi) is 5.76. The van der Waals surface area contributed by atoms with Gasteiger partial charge in [0, 0.05) is 32.6 Å². The molecule has 3 heterocycles. The fourth-order valence-corrected chi connectivity index (χ4v) is 5.26. The first-order chi connectivity index (χ1) is 15.8. The van der Waals surface area contributed by atoms with Crippen LogP contribution in [-0.4, -0.2) is 27.4 Å². The van der Waals surface area contributed by atoms with E-state index in [-0.39, 0.29) is 24.5 Å². The van der Waals surface area contributed by atoms with Crippen LogP contribution in [0.1, 0.15) is 22.5 Å². The van der Waals surface area contributed by atoms with Crippen molar-refractivity contribution in [2.45, 2.75) is 20.4 Å². The molecule has 168 valence electrons. The lowest BCUT2D eigenvalue weighted by molar-refractivity contribution is -0.123. The van der Waals surface area contributed by atoms with Crippen molar-refractivity contribution in [3.05, 3.63) is 79.4 Å². The Morgan fingerprint density at radius 1 is 1.09 bits per heavy atom. The number of hydrogen-bond acceptors (Lipinski definition) is 5. The number of carbonyl (C=O) groups is 2. The van der Waals surface area contributed by atoms with Gasteiger partial charge in [0.2, 0.25) is 6.79 Å². The van der Waals surface area contributed by atoms with Gasteiger partial charge in [-0.3, -0.25) is 14.5 Å². The highest BCUT2D eigenvalue weighted by Crippen LogP contribution is 2.39. The predicted octanol–water partition coefficient (Wildman–Crippen LogP) is 6.48. The van der Waals surface area contributed by atoms with Gasteiger partial charge in [0.15, 0.2) is 11.5 Å². The van der Waals surface area contributed by atoms with Crippen molar-refractivity contribution in [2.75, 3.05) is 6.79 Å². The smallest absolute Gasteiger partial charge is 0.293 e. The van der Waals surface area contributed by atoms with E-state index in [1.807, 2.05) is 44.2 Å². The van der Waals surface area contributed by atoms with Gasteiger partial charge in [-0.1, -0.05) is 27.5 Å². The normalized spacial score (nSPS) is 16.4. The number of aromatic nitrogens is 1. The van der Waals surface area contributed by atoms with Crippen LogP contribution in [-0.2, 0) is 11.3 Å². The van der Waals surface area contributed by atoms with Crippen LogP contribution < -0.4 is 9.47 Å². The average Bonchev–Trinajstić information content (AvgIpc) is 3.42. The first kappa shape index (κ1) is 22.1. The molecule has 0 unspecified atom stereocenters. The van der Waals surface area contributed by atoms with Crippen LogP contribution in [0.25, 0.3) is 11.8 Å². The lowest BCUT2D eigenvalue weighted by Gasteiger charge is -2.14. The second-order valence-electron chi connectivity index (χ2n) is 7.70. The van der Waals surface area contributed by atoms with Gasteiger partial charge in [0.25, 0.3) is 11.1 Å². The first-order valence-corrected chi connectivity index (χ1v) is 12.1. The van der Waals surface area contributed by atoms with Gasteiger partial charge in [0.1, 0.15) is 0 Å². The van der Waals surface area contributed by atoms with Crippen molar-refractivity contribution in [2.24, 2.45) is 0 Å². The molecule has 1 aromatic heterocycles. The zero-order valence-corrected chi connectivity index (χ0v) is 20.9. The Hall–Kier alpha value is -2.68. The van der Waals surface area contributed by atoms with Gasteiger partial charge in [-0.15, -0.1) is 0 Å². The number of nitrogens with zero attached hydrogens (tertiary/aromatic N) is 2. The summed E-state index contributed by atoms with van der Waals surface area (Å²) in [5, 5.41) is 0.0852. The van der Waals surface area contributed by atoms with Gasteiger partial charge >= 0.3 is 0 Å². The number of ether oxygens (including phenoxy) is 2. The molecule has 1 fully saturated rings. The molecular weight excluding hydrogens is 528 g/mol. The summed E-state index contributed by atoms with van der Waals surface area (Å²) < 4.78 is 13.8. The van der Waals surface area contributed by atoms with Crippen molar-refractivity contribution in [3.8, 4) is 17.2 Å². The number of thioether (sulfide) groups is 1. The van der Waals surface area contributed by atoms with Gasteiger partial charge in [-0.25, -0.2) is 0 Å². The average molecular weight is 546 g/mol. The van der Waals surface area contributed by atoms with E-state index in [2.05, 4.69) is 20.5 Å². The molecule has 6 nitrogen and oxygen atoms in total. The molecule has 0 saturated carbocycles. The maximum absolute atomic E-state index is 13.1. The zero-order chi connectivity index (χ0) is 23.3. The highest BCUT2D eigenvalue weighted by atomic mass is 79.9. The monoisotopic (exact) mass is 544 g/mol. The number of hydrogen-bond donors (Lipinski definition) is 0. The zero-order valence-electron chi connectivity index (χ0n) is 17.7. The lowest BCUT2D eigenvalue weighted by atomic mass is 10.2. The second-order valence-corrected chi connectivity index (χ2v) is 10.0. The van der Waals surface area contributed by atoms with Crippen LogP contribution >= 0.6 is 39.3 Å². The molecule has 2 amide bonds. The molecule has 3 aromatic rings. The fourth-order valence-electron chi connectivity index (χ4n) is 3.95. The largest absolute Gasteiger partial charge is 0.454 e. The fraction of sp³-hybridized carbons (Fsp3) is 0.167. The standard InChI is InChI=1S/C24H18BrClN2O4S/c1-13-7-15(14(2)28(13)18-5-3-17(25)4-6-18)9-22-23(29)27(24(30)33-22)11-16-8-20-21(10-19(16)26)32-12-31-20/h3-10H,11-12H2,1-2H3/b22-9-. The number of rotatable bonds is 4. The number of aryl methyl sites for hydroxylation is 1. The Labute approximate surface area is 208 Å². The molecule has 0 atom stereocenters. The minimum atomic E-state index is -0.341. The van der Waals surface area contributed by atoms with E-state index in [1.54, 1.807) is 18.2 Å². The molecule has 2 aromatic carbocycles. The molecule has 5 rings (SSSR count). The summed E-state index contributed by atoms with van der Waals surface area (Å²) in [7, 11) is 0. The third-order valence-corrected chi connectivity index (χ3v) is 7.37. The molecule has 33 heavy (non-hydrogen) atoms. The Morgan fingerprint density at radius 3 is 2.52 bits per heavy atom. The van der Waals surface area contributed by atoms with E-state index in [9.17, 15) is 9.59 Å². The summed E-state index contributed by atoms with van der Waals surface area (Å²) in [4.78, 5) is 27.3. The maximum Gasteiger partial charge on any atom is 0.293 e. The van der Waals surface area contributed by atoms with Crippen molar-refractivity contribution in [3.63, 3.8) is 0 Å². The highest BCUT2D eigenvalue weighted by Gasteiger charge is 2.36. The van der Waals surface area contributed by atoms with Crippen LogP contribution in [0.4, 0.5) is 4.79 Å². The number of carbonyl (C=O) groups excluding carboxylic acids is 2. The van der Waals surface area contributed by atoms with E-state index in [0.717, 1.165) is 38.9 Å². The van der Waals surface area contributed by atoms with Gasteiger partial charge in [0.05, 0.1) is 11.4 Å². The van der Waals surface area contributed by atoms with Crippen molar-refractivity contribution >= 4 is 56.5 Å². The number of fused-ring (bicyclic) bond motifs is 1. The molecule has 0 radical (unpaired) electrons. The quantitative estimate of drug-likeness (QED) is 0.351. The molecule has 9 heteroatoms. The van der Waals surface area contributed by atoms with E-state index >= 15 is 0 Å². The van der Waals surface area contributed by atoms with Crippen molar-refractivity contribution in [1.82, 2.24) is 9.47 Å². The number of imide groups is 1. The molecule has 0 spiro atoms. The van der Waals surface area contributed by atoms with E-state index in [0.29, 0.717) is 27.0 Å². The minimum absolute atomic E-state index is 0.0649. The van der Waals surface area contributed by atoms with Crippen LogP contribution in [0.15, 0.2) is 51.8 Å². The summed E-state index contributed by atoms with van der Waals surface area (Å²) >= 11 is 10.7. The number of amides is 2. The molecule has 2 aliphatic heterocycles. The Balaban J connectivity index is 1.42. The number of benzene rings is 2. The van der Waals surface area contributed by atoms with Crippen LogP contribution in [0, 0.1) is 13.8 Å². The molecular formula is C24H18BrClN2O4S. The Bertz CT molecular complexity index is 1330. The summed E-state index contributed by atoms with van der Waals surface area (Å²) in [5.41, 5.74) is 4.56. The second kappa shape index (κ2) is 8.59. The number of halogens is 2. The highest BCUT2D eigenvalue weighted by molar-refractivity contribution is 9.10.